The van der Waals surface area contributed by atoms with Gasteiger partial charge in [0.25, 0.3) is 5.91 Å². The van der Waals surface area contributed by atoms with E-state index < -0.39 is 0 Å². The number of ether oxygens (including phenoxy) is 1. The first-order valence-corrected chi connectivity index (χ1v) is 9.37. The minimum atomic E-state index is 0.139. The summed E-state index contributed by atoms with van der Waals surface area (Å²) >= 11 is 0. The molecule has 1 amide bonds. The van der Waals surface area contributed by atoms with Crippen LogP contribution in [0.25, 0.3) is 0 Å². The molecule has 1 aromatic carbocycles. The van der Waals surface area contributed by atoms with Crippen LogP contribution in [0.5, 0.6) is 5.75 Å². The van der Waals surface area contributed by atoms with Crippen molar-refractivity contribution in [3.63, 3.8) is 0 Å². The van der Waals surface area contributed by atoms with Gasteiger partial charge in [0.05, 0.1) is 18.8 Å². The number of hydrogen-bond acceptors (Lipinski definition) is 4. The average Bonchev–Trinajstić information content (AvgIpc) is 3.14. The van der Waals surface area contributed by atoms with E-state index in [0.717, 1.165) is 36.4 Å². The van der Waals surface area contributed by atoms with Gasteiger partial charge in [-0.1, -0.05) is 19.1 Å². The molecule has 5 heteroatoms. The van der Waals surface area contributed by atoms with Gasteiger partial charge < -0.3 is 15.0 Å². The summed E-state index contributed by atoms with van der Waals surface area (Å²) in [6.07, 6.45) is 4.42. The second kappa shape index (κ2) is 7.08. The van der Waals surface area contributed by atoms with Gasteiger partial charge in [-0.25, -0.2) is 0 Å². The van der Waals surface area contributed by atoms with Crippen molar-refractivity contribution in [2.75, 3.05) is 26.2 Å². The predicted octanol–water partition coefficient (Wildman–Crippen LogP) is 2.54. The van der Waals surface area contributed by atoms with Crippen LogP contribution in [-0.4, -0.2) is 48.1 Å². The Labute approximate surface area is 154 Å². The maximum Gasteiger partial charge on any atom is 0.254 e. The lowest BCUT2D eigenvalue weighted by Crippen LogP contribution is -2.50. The van der Waals surface area contributed by atoms with Crippen molar-refractivity contribution in [3.05, 3.63) is 58.9 Å². The Bertz CT molecular complexity index is 806. The summed E-state index contributed by atoms with van der Waals surface area (Å²) in [5.41, 5.74) is 4.53. The minimum absolute atomic E-state index is 0.139. The molecule has 0 aliphatic carbocycles. The van der Waals surface area contributed by atoms with Crippen LogP contribution in [0.15, 0.2) is 36.7 Å². The number of hydrogen-bond donors (Lipinski definition) is 1. The maximum absolute atomic E-state index is 13.3. The summed E-state index contributed by atoms with van der Waals surface area (Å²) in [5, 5.41) is 3.48. The number of aromatic nitrogens is 1. The molecule has 2 atom stereocenters. The van der Waals surface area contributed by atoms with E-state index in [0.29, 0.717) is 19.1 Å². The highest BCUT2D eigenvalue weighted by atomic mass is 16.5. The fourth-order valence-electron chi connectivity index (χ4n) is 4.25. The molecule has 4 rings (SSSR count). The molecule has 0 saturated carbocycles. The van der Waals surface area contributed by atoms with Crippen molar-refractivity contribution < 1.29 is 9.53 Å². The van der Waals surface area contributed by atoms with Gasteiger partial charge in [0.1, 0.15) is 12.4 Å². The Balaban J connectivity index is 1.58. The number of amides is 1. The standard InChI is InChI=1S/C21H25N3O2/c1-3-15-9-14(2)20-17(10-15)18-12-23-13-19(18)24(21(20)25)7-8-26-16-5-4-6-22-11-16/h4-6,9-11,18-19,23H,3,7-8,12-13H2,1-2H3. The van der Waals surface area contributed by atoms with Crippen molar-refractivity contribution in [1.82, 2.24) is 15.2 Å². The molecule has 3 heterocycles. The van der Waals surface area contributed by atoms with Crippen LogP contribution < -0.4 is 10.1 Å². The van der Waals surface area contributed by atoms with Gasteiger partial charge in [-0.3, -0.25) is 9.78 Å². The minimum Gasteiger partial charge on any atom is -0.490 e. The molecule has 1 aromatic heterocycles. The van der Waals surface area contributed by atoms with Gasteiger partial charge in [0.2, 0.25) is 0 Å². The highest BCUT2D eigenvalue weighted by Crippen LogP contribution is 2.37. The molecule has 2 aliphatic rings. The smallest absolute Gasteiger partial charge is 0.254 e. The Kier molecular flexibility index (Phi) is 4.64. The normalized spacial score (nSPS) is 21.5. The molecular weight excluding hydrogens is 326 g/mol. The van der Waals surface area contributed by atoms with Gasteiger partial charge in [0.15, 0.2) is 0 Å². The molecule has 5 nitrogen and oxygen atoms in total. The van der Waals surface area contributed by atoms with Crippen molar-refractivity contribution in [1.29, 1.82) is 0 Å². The lowest BCUT2D eigenvalue weighted by molar-refractivity contribution is 0.0613. The number of fused-ring (bicyclic) bond motifs is 3. The van der Waals surface area contributed by atoms with Gasteiger partial charge in [-0.2, -0.15) is 0 Å². The van der Waals surface area contributed by atoms with Crippen molar-refractivity contribution >= 4 is 5.91 Å². The SMILES string of the molecule is CCc1cc(C)c2c(c1)C1CNCC1N(CCOc1cccnc1)C2=O. The number of benzene rings is 1. The largest absolute Gasteiger partial charge is 0.490 e. The van der Waals surface area contributed by atoms with Gasteiger partial charge in [-0.15, -0.1) is 0 Å². The van der Waals surface area contributed by atoms with E-state index in [1.54, 1.807) is 12.4 Å². The molecule has 26 heavy (non-hydrogen) atoms. The van der Waals surface area contributed by atoms with Crippen LogP contribution in [0.3, 0.4) is 0 Å². The molecular formula is C21H25N3O2. The topological polar surface area (TPSA) is 54.5 Å². The molecule has 0 radical (unpaired) electrons. The number of rotatable bonds is 5. The Morgan fingerprint density at radius 3 is 3.00 bits per heavy atom. The fraction of sp³-hybridized carbons (Fsp3) is 0.429. The number of aryl methyl sites for hydroxylation is 2. The number of carbonyl (C=O) groups excluding carboxylic acids is 1. The highest BCUT2D eigenvalue weighted by molar-refractivity contribution is 5.99. The van der Waals surface area contributed by atoms with Crippen LogP contribution >= 0.6 is 0 Å². The van der Waals surface area contributed by atoms with Crippen LogP contribution in [0, 0.1) is 6.92 Å². The van der Waals surface area contributed by atoms with E-state index >= 15 is 0 Å². The number of pyridine rings is 1. The lowest BCUT2D eigenvalue weighted by Gasteiger charge is -2.39. The zero-order valence-corrected chi connectivity index (χ0v) is 15.4. The van der Waals surface area contributed by atoms with Gasteiger partial charge in [0, 0.05) is 30.8 Å². The second-order valence-electron chi connectivity index (χ2n) is 7.10. The van der Waals surface area contributed by atoms with Gasteiger partial charge >= 0.3 is 0 Å². The quantitative estimate of drug-likeness (QED) is 0.899. The van der Waals surface area contributed by atoms with Crippen molar-refractivity contribution in [3.8, 4) is 5.75 Å². The number of carbonyl (C=O) groups is 1. The van der Waals surface area contributed by atoms with E-state index in [2.05, 4.69) is 36.3 Å². The summed E-state index contributed by atoms with van der Waals surface area (Å²) in [7, 11) is 0. The summed E-state index contributed by atoms with van der Waals surface area (Å²) in [4.78, 5) is 19.3. The third kappa shape index (κ3) is 2.97. The highest BCUT2D eigenvalue weighted by Gasteiger charge is 2.42. The Hall–Kier alpha value is -2.40. The molecule has 136 valence electrons. The molecule has 2 aromatic rings. The van der Waals surface area contributed by atoms with Crippen LogP contribution in [0.2, 0.25) is 0 Å². The molecule has 0 bridgehead atoms. The van der Waals surface area contributed by atoms with Crippen molar-refractivity contribution in [2.45, 2.75) is 32.2 Å². The summed E-state index contributed by atoms with van der Waals surface area (Å²) in [6, 6.07) is 8.34. The van der Waals surface area contributed by atoms with E-state index in [-0.39, 0.29) is 11.9 Å². The first-order chi connectivity index (χ1) is 12.7. The summed E-state index contributed by atoms with van der Waals surface area (Å²) < 4.78 is 5.78. The lowest BCUT2D eigenvalue weighted by atomic mass is 9.81. The monoisotopic (exact) mass is 351 g/mol. The van der Waals surface area contributed by atoms with Crippen LogP contribution in [0.4, 0.5) is 0 Å². The first-order valence-electron chi connectivity index (χ1n) is 9.37. The zero-order valence-electron chi connectivity index (χ0n) is 15.4. The first kappa shape index (κ1) is 17.0. The van der Waals surface area contributed by atoms with E-state index in [1.807, 2.05) is 17.0 Å². The number of nitrogens with one attached hydrogen (secondary N) is 1. The van der Waals surface area contributed by atoms with Crippen LogP contribution in [-0.2, 0) is 6.42 Å². The van der Waals surface area contributed by atoms with E-state index in [1.165, 1.54) is 11.1 Å². The van der Waals surface area contributed by atoms with E-state index in [9.17, 15) is 4.79 Å². The summed E-state index contributed by atoms with van der Waals surface area (Å²) in [5.74, 6) is 1.24. The maximum atomic E-state index is 13.3. The Morgan fingerprint density at radius 1 is 1.35 bits per heavy atom. The predicted molar refractivity (Wildman–Crippen MR) is 101 cm³/mol. The number of nitrogens with zero attached hydrogens (tertiary/aromatic N) is 2. The molecule has 1 N–H and O–H groups in total. The molecule has 1 saturated heterocycles. The molecule has 2 unspecified atom stereocenters. The summed E-state index contributed by atoms with van der Waals surface area (Å²) in [6.45, 7) is 7.06. The molecule has 2 aliphatic heterocycles. The third-order valence-corrected chi connectivity index (χ3v) is 5.53. The van der Waals surface area contributed by atoms with Gasteiger partial charge in [-0.05, 0) is 42.2 Å². The Morgan fingerprint density at radius 2 is 2.23 bits per heavy atom. The van der Waals surface area contributed by atoms with Crippen LogP contribution in [0.1, 0.15) is 39.9 Å². The average molecular weight is 351 g/mol. The molecule has 1 fully saturated rings. The fourth-order valence-corrected chi connectivity index (χ4v) is 4.25. The third-order valence-electron chi connectivity index (χ3n) is 5.53. The van der Waals surface area contributed by atoms with E-state index in [4.69, 9.17) is 4.74 Å². The molecule has 0 spiro atoms. The van der Waals surface area contributed by atoms with Crippen molar-refractivity contribution in [2.24, 2.45) is 0 Å². The zero-order chi connectivity index (χ0) is 18.1. The second-order valence-corrected chi connectivity index (χ2v) is 7.10.